The standard InChI is InChI=1S/C16H18N2O3/c17-9-11-5-7-12(8-6-11)10-18-15(19)13-3-1-2-4-14(13)16(20)21/h5-8,13-14H,1-4,10H2,(H,18,19)(H,20,21)/t13-,14+/m1/s1. The average Bonchev–Trinajstić information content (AvgIpc) is 2.53. The Kier molecular flexibility index (Phi) is 4.94. The number of carbonyl (C=O) groups is 2. The summed E-state index contributed by atoms with van der Waals surface area (Å²) in [6.07, 6.45) is 2.98. The number of carboxylic acids is 1. The number of benzene rings is 1. The van der Waals surface area contributed by atoms with Crippen LogP contribution in [-0.4, -0.2) is 17.0 Å². The second kappa shape index (κ2) is 6.89. The minimum absolute atomic E-state index is 0.188. The minimum atomic E-state index is -0.881. The third kappa shape index (κ3) is 3.82. The predicted molar refractivity (Wildman–Crippen MR) is 76.1 cm³/mol. The molecule has 5 nitrogen and oxygen atoms in total. The van der Waals surface area contributed by atoms with Gasteiger partial charge in [-0.1, -0.05) is 25.0 Å². The molecule has 0 heterocycles. The molecule has 1 aliphatic carbocycles. The lowest BCUT2D eigenvalue weighted by Crippen LogP contribution is -2.39. The third-order valence-corrected chi connectivity index (χ3v) is 3.97. The van der Waals surface area contributed by atoms with Crippen LogP contribution in [0.2, 0.25) is 0 Å². The molecule has 1 fully saturated rings. The van der Waals surface area contributed by atoms with Crippen LogP contribution < -0.4 is 5.32 Å². The number of carbonyl (C=O) groups excluding carboxylic acids is 1. The van der Waals surface area contributed by atoms with Gasteiger partial charge >= 0.3 is 5.97 Å². The van der Waals surface area contributed by atoms with Crippen molar-refractivity contribution < 1.29 is 14.7 Å². The fourth-order valence-corrected chi connectivity index (χ4v) is 2.76. The molecule has 0 spiro atoms. The van der Waals surface area contributed by atoms with Crippen LogP contribution in [0.15, 0.2) is 24.3 Å². The first-order valence-electron chi connectivity index (χ1n) is 7.11. The van der Waals surface area contributed by atoms with Gasteiger partial charge in [-0.25, -0.2) is 0 Å². The molecule has 0 aliphatic heterocycles. The fraction of sp³-hybridized carbons (Fsp3) is 0.438. The molecular formula is C16H18N2O3. The van der Waals surface area contributed by atoms with E-state index in [9.17, 15) is 14.7 Å². The number of hydrogen-bond acceptors (Lipinski definition) is 3. The molecule has 0 bridgehead atoms. The maximum absolute atomic E-state index is 12.2. The Labute approximate surface area is 123 Å². The zero-order valence-electron chi connectivity index (χ0n) is 11.7. The quantitative estimate of drug-likeness (QED) is 0.886. The minimum Gasteiger partial charge on any atom is -0.481 e. The van der Waals surface area contributed by atoms with E-state index in [1.54, 1.807) is 24.3 Å². The largest absolute Gasteiger partial charge is 0.481 e. The molecule has 1 aromatic carbocycles. The highest BCUT2D eigenvalue weighted by molar-refractivity contribution is 5.84. The zero-order valence-corrected chi connectivity index (χ0v) is 11.7. The average molecular weight is 286 g/mol. The Morgan fingerprint density at radius 2 is 1.81 bits per heavy atom. The summed E-state index contributed by atoms with van der Waals surface area (Å²) in [5.41, 5.74) is 1.47. The Hall–Kier alpha value is -2.35. The molecule has 110 valence electrons. The normalized spacial score (nSPS) is 21.3. The highest BCUT2D eigenvalue weighted by Gasteiger charge is 2.35. The van der Waals surface area contributed by atoms with E-state index in [4.69, 9.17) is 5.26 Å². The van der Waals surface area contributed by atoms with Crippen LogP contribution in [0.3, 0.4) is 0 Å². The lowest BCUT2D eigenvalue weighted by Gasteiger charge is -2.27. The van der Waals surface area contributed by atoms with Crippen molar-refractivity contribution >= 4 is 11.9 Å². The molecule has 1 aromatic rings. The van der Waals surface area contributed by atoms with Gasteiger partial charge in [-0.15, -0.1) is 0 Å². The lowest BCUT2D eigenvalue weighted by molar-refractivity contribution is -0.148. The predicted octanol–water partition coefficient (Wildman–Crippen LogP) is 2.07. The van der Waals surface area contributed by atoms with Crippen molar-refractivity contribution in [2.45, 2.75) is 32.2 Å². The van der Waals surface area contributed by atoms with Crippen LogP contribution in [-0.2, 0) is 16.1 Å². The van der Waals surface area contributed by atoms with Crippen molar-refractivity contribution in [3.05, 3.63) is 35.4 Å². The summed E-state index contributed by atoms with van der Waals surface area (Å²) in [6.45, 7) is 0.355. The molecular weight excluding hydrogens is 268 g/mol. The number of carboxylic acid groups (broad SMARTS) is 1. The molecule has 0 aromatic heterocycles. The second-order valence-electron chi connectivity index (χ2n) is 5.36. The van der Waals surface area contributed by atoms with Gasteiger partial charge < -0.3 is 10.4 Å². The number of rotatable bonds is 4. The van der Waals surface area contributed by atoms with E-state index in [0.29, 0.717) is 24.9 Å². The van der Waals surface area contributed by atoms with Crippen molar-refractivity contribution in [2.24, 2.45) is 11.8 Å². The van der Waals surface area contributed by atoms with Gasteiger partial charge in [-0.2, -0.15) is 5.26 Å². The molecule has 0 unspecified atom stereocenters. The SMILES string of the molecule is N#Cc1ccc(CNC(=O)[C@@H]2CCCC[C@@H]2C(=O)O)cc1. The summed E-state index contributed by atoms with van der Waals surface area (Å²) < 4.78 is 0. The highest BCUT2D eigenvalue weighted by Crippen LogP contribution is 2.30. The number of amides is 1. The van der Waals surface area contributed by atoms with Gasteiger partial charge in [0.05, 0.1) is 23.5 Å². The smallest absolute Gasteiger partial charge is 0.307 e. The summed E-state index contributed by atoms with van der Waals surface area (Å²) in [5.74, 6) is -2.07. The van der Waals surface area contributed by atoms with Crippen molar-refractivity contribution in [1.29, 1.82) is 5.26 Å². The number of nitrogens with one attached hydrogen (secondary N) is 1. The molecule has 0 radical (unpaired) electrons. The van der Waals surface area contributed by atoms with E-state index in [1.165, 1.54) is 0 Å². The Morgan fingerprint density at radius 3 is 2.38 bits per heavy atom. The number of nitriles is 1. The molecule has 0 saturated heterocycles. The highest BCUT2D eigenvalue weighted by atomic mass is 16.4. The van der Waals surface area contributed by atoms with Crippen molar-refractivity contribution in [1.82, 2.24) is 5.32 Å². The first-order chi connectivity index (χ1) is 10.1. The zero-order chi connectivity index (χ0) is 15.2. The van der Waals surface area contributed by atoms with Gasteiger partial charge in [0.1, 0.15) is 0 Å². The van der Waals surface area contributed by atoms with E-state index in [0.717, 1.165) is 18.4 Å². The summed E-state index contributed by atoms with van der Waals surface area (Å²) >= 11 is 0. The van der Waals surface area contributed by atoms with Crippen LogP contribution in [0.5, 0.6) is 0 Å². The summed E-state index contributed by atoms with van der Waals surface area (Å²) in [6, 6.07) is 9.00. The van der Waals surface area contributed by atoms with Crippen LogP contribution in [0.1, 0.15) is 36.8 Å². The summed E-state index contributed by atoms with van der Waals surface area (Å²) in [7, 11) is 0. The van der Waals surface area contributed by atoms with Gasteiger partial charge in [0.2, 0.25) is 5.91 Å². The van der Waals surface area contributed by atoms with Gasteiger partial charge in [0, 0.05) is 6.54 Å². The second-order valence-corrected chi connectivity index (χ2v) is 5.36. The van der Waals surface area contributed by atoms with E-state index >= 15 is 0 Å². The van der Waals surface area contributed by atoms with E-state index in [2.05, 4.69) is 5.32 Å². The monoisotopic (exact) mass is 286 g/mol. The van der Waals surface area contributed by atoms with Gasteiger partial charge in [-0.3, -0.25) is 9.59 Å². The van der Waals surface area contributed by atoms with Crippen molar-refractivity contribution in [3.63, 3.8) is 0 Å². The maximum atomic E-state index is 12.2. The summed E-state index contributed by atoms with van der Waals surface area (Å²) in [4.78, 5) is 23.4. The van der Waals surface area contributed by atoms with E-state index < -0.39 is 17.8 Å². The van der Waals surface area contributed by atoms with Crippen LogP contribution in [0.25, 0.3) is 0 Å². The van der Waals surface area contributed by atoms with Crippen LogP contribution in [0, 0.1) is 23.2 Å². The maximum Gasteiger partial charge on any atom is 0.307 e. The molecule has 2 rings (SSSR count). The van der Waals surface area contributed by atoms with E-state index in [-0.39, 0.29) is 5.91 Å². The molecule has 2 atom stereocenters. The molecule has 5 heteroatoms. The first-order valence-corrected chi connectivity index (χ1v) is 7.11. The Balaban J connectivity index is 1.93. The lowest BCUT2D eigenvalue weighted by atomic mass is 9.78. The fourth-order valence-electron chi connectivity index (χ4n) is 2.76. The van der Waals surface area contributed by atoms with Gasteiger partial charge in [0.25, 0.3) is 0 Å². The van der Waals surface area contributed by atoms with E-state index in [1.807, 2.05) is 6.07 Å². The van der Waals surface area contributed by atoms with Crippen molar-refractivity contribution in [3.8, 4) is 6.07 Å². The number of nitrogens with zero attached hydrogens (tertiary/aromatic N) is 1. The van der Waals surface area contributed by atoms with Crippen molar-refractivity contribution in [2.75, 3.05) is 0 Å². The number of aliphatic carboxylic acids is 1. The van der Waals surface area contributed by atoms with Gasteiger partial charge in [0.15, 0.2) is 0 Å². The van der Waals surface area contributed by atoms with Gasteiger partial charge in [-0.05, 0) is 30.5 Å². The first kappa shape index (κ1) is 15.0. The summed E-state index contributed by atoms with van der Waals surface area (Å²) in [5, 5.41) is 20.7. The molecule has 21 heavy (non-hydrogen) atoms. The third-order valence-electron chi connectivity index (χ3n) is 3.97. The number of hydrogen-bond donors (Lipinski definition) is 2. The molecule has 1 saturated carbocycles. The molecule has 2 N–H and O–H groups in total. The van der Waals surface area contributed by atoms with Crippen LogP contribution >= 0.6 is 0 Å². The van der Waals surface area contributed by atoms with Crippen LogP contribution in [0.4, 0.5) is 0 Å². The topological polar surface area (TPSA) is 90.2 Å². The Bertz CT molecular complexity index is 560. The Morgan fingerprint density at radius 1 is 1.19 bits per heavy atom. The molecule has 1 aliphatic rings. The molecule has 1 amide bonds.